The van der Waals surface area contributed by atoms with Crippen molar-refractivity contribution in [2.45, 2.75) is 12.8 Å². The number of H-pyrrole nitrogens is 1. The fourth-order valence-electron chi connectivity index (χ4n) is 1.74. The number of nitrogens with one attached hydrogen (secondary N) is 1. The smallest absolute Gasteiger partial charge is 0.113 e. The van der Waals surface area contributed by atoms with Crippen LogP contribution in [0.1, 0.15) is 11.3 Å². The molecule has 1 N–H and O–H groups in total. The van der Waals surface area contributed by atoms with E-state index >= 15 is 0 Å². The van der Waals surface area contributed by atoms with Crippen LogP contribution in [0.3, 0.4) is 0 Å². The molecule has 0 atom stereocenters. The third-order valence-corrected chi connectivity index (χ3v) is 2.35. The van der Waals surface area contributed by atoms with Crippen molar-refractivity contribution in [2.75, 3.05) is 0 Å². The van der Waals surface area contributed by atoms with Gasteiger partial charge >= 0.3 is 0 Å². The normalized spacial score (nSPS) is 14.0. The Morgan fingerprint density at radius 1 is 1.42 bits per heavy atom. The zero-order valence-corrected chi connectivity index (χ0v) is 6.50. The first-order valence-electron chi connectivity index (χ1n) is 4.04. The molecule has 0 spiro atoms. The lowest BCUT2D eigenvalue weighted by atomic mass is 9.97. The average molecular weight is 160 g/mol. The molecule has 0 saturated carbocycles. The molecule has 0 radical (unpaired) electrons. The first-order valence-corrected chi connectivity index (χ1v) is 4.04. The molecule has 0 aromatic carbocycles. The maximum Gasteiger partial charge on any atom is 0.113 e. The summed E-state index contributed by atoms with van der Waals surface area (Å²) in [5, 5.41) is 7.01. The van der Waals surface area contributed by atoms with Crippen LogP contribution in [0.2, 0.25) is 0 Å². The number of aromatic amines is 1. The van der Waals surface area contributed by atoms with Crippen molar-refractivity contribution in [3.8, 4) is 11.3 Å². The molecule has 3 nitrogen and oxygen atoms in total. The Balaban J connectivity index is 2.32. The van der Waals surface area contributed by atoms with E-state index < -0.39 is 0 Å². The average Bonchev–Trinajstić information content (AvgIpc) is 2.71. The third kappa shape index (κ3) is 0.630. The molecule has 0 aliphatic heterocycles. The summed E-state index contributed by atoms with van der Waals surface area (Å²) >= 11 is 0. The highest BCUT2D eigenvalue weighted by Crippen LogP contribution is 2.31. The Hall–Kier alpha value is -1.51. The Kier molecular flexibility index (Phi) is 1.01. The van der Waals surface area contributed by atoms with E-state index in [1.54, 1.807) is 6.26 Å². The molecule has 0 fully saturated rings. The summed E-state index contributed by atoms with van der Waals surface area (Å²) in [6.45, 7) is 0. The van der Waals surface area contributed by atoms with E-state index in [1.165, 1.54) is 11.1 Å². The minimum absolute atomic E-state index is 0.995. The van der Waals surface area contributed by atoms with Gasteiger partial charge in [0.2, 0.25) is 0 Å². The van der Waals surface area contributed by atoms with Crippen molar-refractivity contribution in [3.63, 3.8) is 0 Å². The van der Waals surface area contributed by atoms with Gasteiger partial charge in [0, 0.05) is 12.0 Å². The molecular weight excluding hydrogens is 152 g/mol. The monoisotopic (exact) mass is 160 g/mol. The minimum atomic E-state index is 0.995. The van der Waals surface area contributed by atoms with E-state index in [0.717, 1.165) is 24.3 Å². The van der Waals surface area contributed by atoms with Gasteiger partial charge in [-0.3, -0.25) is 5.10 Å². The topological polar surface area (TPSA) is 41.8 Å². The molecular formula is C9H8N2O. The van der Waals surface area contributed by atoms with E-state index in [0.29, 0.717) is 0 Å². The number of aryl methyl sites for hydroxylation is 2. The summed E-state index contributed by atoms with van der Waals surface area (Å²) in [7, 11) is 0. The maximum absolute atomic E-state index is 5.33. The maximum atomic E-state index is 5.33. The van der Waals surface area contributed by atoms with Crippen LogP contribution in [0.25, 0.3) is 11.3 Å². The lowest BCUT2D eigenvalue weighted by molar-refractivity contribution is 0.507. The molecule has 3 rings (SSSR count). The molecule has 1 aliphatic rings. The highest BCUT2D eigenvalue weighted by Gasteiger charge is 2.19. The first kappa shape index (κ1) is 6.06. The van der Waals surface area contributed by atoms with Crippen molar-refractivity contribution in [1.29, 1.82) is 0 Å². The fourth-order valence-corrected chi connectivity index (χ4v) is 1.74. The summed E-state index contributed by atoms with van der Waals surface area (Å²) < 4.78 is 5.33. The number of rotatable bonds is 0. The quantitative estimate of drug-likeness (QED) is 0.638. The van der Waals surface area contributed by atoms with Crippen molar-refractivity contribution >= 4 is 0 Å². The molecule has 0 saturated heterocycles. The van der Waals surface area contributed by atoms with Gasteiger partial charge in [-0.25, -0.2) is 0 Å². The molecule has 0 amide bonds. The van der Waals surface area contributed by atoms with E-state index in [4.69, 9.17) is 4.42 Å². The second-order valence-corrected chi connectivity index (χ2v) is 3.03. The van der Waals surface area contributed by atoms with E-state index in [9.17, 15) is 0 Å². The van der Waals surface area contributed by atoms with Crippen LogP contribution in [0.4, 0.5) is 0 Å². The van der Waals surface area contributed by atoms with Gasteiger partial charge in [-0.1, -0.05) is 0 Å². The van der Waals surface area contributed by atoms with Crippen LogP contribution < -0.4 is 0 Å². The molecule has 2 aromatic rings. The second kappa shape index (κ2) is 2.00. The van der Waals surface area contributed by atoms with Gasteiger partial charge in [-0.05, 0) is 18.1 Å². The molecule has 60 valence electrons. The Labute approximate surface area is 69.4 Å². The molecule has 3 heteroatoms. The lowest BCUT2D eigenvalue weighted by Gasteiger charge is -2.08. The standard InChI is InChI=1S/C9H8N2O/c1-2-8-7(3-4-12-8)9-6(1)5-10-11-9/h3-5H,1-2H2,(H,10,11). The van der Waals surface area contributed by atoms with Crippen LogP contribution in [0, 0.1) is 0 Å². The predicted molar refractivity (Wildman–Crippen MR) is 43.7 cm³/mol. The van der Waals surface area contributed by atoms with Gasteiger partial charge in [-0.2, -0.15) is 5.10 Å². The second-order valence-electron chi connectivity index (χ2n) is 3.03. The highest BCUT2D eigenvalue weighted by molar-refractivity contribution is 5.66. The summed E-state index contributed by atoms with van der Waals surface area (Å²) in [5.74, 6) is 1.08. The number of fused-ring (bicyclic) bond motifs is 3. The van der Waals surface area contributed by atoms with Gasteiger partial charge in [0.05, 0.1) is 18.2 Å². The van der Waals surface area contributed by atoms with Crippen LogP contribution >= 0.6 is 0 Å². The number of aromatic nitrogens is 2. The van der Waals surface area contributed by atoms with Gasteiger partial charge in [0.1, 0.15) is 5.76 Å². The number of furan rings is 1. The number of hydrogen-bond acceptors (Lipinski definition) is 2. The molecule has 0 unspecified atom stereocenters. The predicted octanol–water partition coefficient (Wildman–Crippen LogP) is 1.77. The van der Waals surface area contributed by atoms with E-state index in [-0.39, 0.29) is 0 Å². The van der Waals surface area contributed by atoms with Gasteiger partial charge in [0.15, 0.2) is 0 Å². The lowest BCUT2D eigenvalue weighted by Crippen LogP contribution is -1.99. The van der Waals surface area contributed by atoms with Crippen LogP contribution in [0.5, 0.6) is 0 Å². The van der Waals surface area contributed by atoms with Crippen LogP contribution in [0.15, 0.2) is 22.9 Å². The highest BCUT2D eigenvalue weighted by atomic mass is 16.3. The van der Waals surface area contributed by atoms with Crippen molar-refractivity contribution < 1.29 is 4.42 Å². The van der Waals surface area contributed by atoms with Crippen molar-refractivity contribution in [3.05, 3.63) is 29.9 Å². The van der Waals surface area contributed by atoms with Crippen LogP contribution in [-0.4, -0.2) is 10.2 Å². The molecule has 2 aromatic heterocycles. The van der Waals surface area contributed by atoms with E-state index in [1.807, 2.05) is 12.3 Å². The summed E-state index contributed by atoms with van der Waals surface area (Å²) in [4.78, 5) is 0. The summed E-state index contributed by atoms with van der Waals surface area (Å²) in [6.07, 6.45) is 5.66. The van der Waals surface area contributed by atoms with Crippen LogP contribution in [-0.2, 0) is 12.8 Å². The SMILES string of the molecule is c1cc2c(o1)CCc1cn[nH]c1-2. The largest absolute Gasteiger partial charge is 0.469 e. The molecule has 2 heterocycles. The molecule has 12 heavy (non-hydrogen) atoms. The van der Waals surface area contributed by atoms with Gasteiger partial charge < -0.3 is 4.42 Å². The summed E-state index contributed by atoms with van der Waals surface area (Å²) in [5.41, 5.74) is 3.60. The molecule has 0 bridgehead atoms. The zero-order valence-electron chi connectivity index (χ0n) is 6.50. The first-order chi connectivity index (χ1) is 5.95. The Bertz CT molecular complexity index is 373. The van der Waals surface area contributed by atoms with Gasteiger partial charge in [0.25, 0.3) is 0 Å². The van der Waals surface area contributed by atoms with Crippen molar-refractivity contribution in [2.24, 2.45) is 0 Å². The Morgan fingerprint density at radius 2 is 2.42 bits per heavy atom. The number of nitrogens with zero attached hydrogens (tertiary/aromatic N) is 1. The zero-order chi connectivity index (χ0) is 7.97. The minimum Gasteiger partial charge on any atom is -0.469 e. The van der Waals surface area contributed by atoms with Crippen molar-refractivity contribution in [1.82, 2.24) is 10.2 Å². The Morgan fingerprint density at radius 3 is 3.42 bits per heavy atom. The van der Waals surface area contributed by atoms with Gasteiger partial charge in [-0.15, -0.1) is 0 Å². The summed E-state index contributed by atoms with van der Waals surface area (Å²) in [6, 6.07) is 1.99. The fraction of sp³-hybridized carbons (Fsp3) is 0.222. The third-order valence-electron chi connectivity index (χ3n) is 2.35. The van der Waals surface area contributed by atoms with E-state index in [2.05, 4.69) is 10.2 Å². The number of hydrogen-bond donors (Lipinski definition) is 1. The molecule has 1 aliphatic carbocycles.